The lowest BCUT2D eigenvalue weighted by atomic mass is 9.87. The summed E-state index contributed by atoms with van der Waals surface area (Å²) < 4.78 is 27.2. The third-order valence-electron chi connectivity index (χ3n) is 6.09. The van der Waals surface area contributed by atoms with Gasteiger partial charge in [-0.1, -0.05) is 19.3 Å². The van der Waals surface area contributed by atoms with Crippen molar-refractivity contribution in [2.75, 3.05) is 24.5 Å². The van der Waals surface area contributed by atoms with Gasteiger partial charge in [0.15, 0.2) is 0 Å². The van der Waals surface area contributed by atoms with Gasteiger partial charge in [-0.2, -0.15) is 4.31 Å². The first kappa shape index (κ1) is 18.0. The molecule has 4 rings (SSSR count). The van der Waals surface area contributed by atoms with Crippen molar-refractivity contribution in [3.63, 3.8) is 0 Å². The average molecular weight is 377 g/mol. The second kappa shape index (κ2) is 7.31. The van der Waals surface area contributed by atoms with Crippen LogP contribution in [0.15, 0.2) is 23.1 Å². The number of carbonyl (C=O) groups excluding carboxylic acids is 1. The van der Waals surface area contributed by atoms with E-state index in [9.17, 15) is 13.2 Å². The summed E-state index contributed by atoms with van der Waals surface area (Å²) in [5.74, 6) is 0.378. The summed E-state index contributed by atoms with van der Waals surface area (Å²) in [5, 5.41) is 0. The number of anilines is 1. The number of rotatable bonds is 3. The van der Waals surface area contributed by atoms with E-state index in [0.29, 0.717) is 18.0 Å². The zero-order valence-electron chi connectivity index (χ0n) is 15.3. The first-order chi connectivity index (χ1) is 12.6. The summed E-state index contributed by atoms with van der Waals surface area (Å²) in [6, 6.07) is 5.36. The Morgan fingerprint density at radius 1 is 0.923 bits per heavy atom. The summed E-state index contributed by atoms with van der Waals surface area (Å²) in [5.41, 5.74) is 1.92. The molecule has 0 aromatic heterocycles. The van der Waals surface area contributed by atoms with Gasteiger partial charge >= 0.3 is 0 Å². The molecule has 1 amide bonds. The van der Waals surface area contributed by atoms with Crippen molar-refractivity contribution in [3.05, 3.63) is 23.8 Å². The van der Waals surface area contributed by atoms with Crippen molar-refractivity contribution < 1.29 is 13.2 Å². The third-order valence-corrected chi connectivity index (χ3v) is 7.99. The molecule has 1 saturated heterocycles. The molecule has 6 heteroatoms. The Morgan fingerprint density at radius 3 is 2.38 bits per heavy atom. The van der Waals surface area contributed by atoms with Gasteiger partial charge in [-0.05, 0) is 62.3 Å². The van der Waals surface area contributed by atoms with E-state index in [4.69, 9.17) is 0 Å². The highest BCUT2D eigenvalue weighted by Crippen LogP contribution is 2.34. The molecule has 5 nitrogen and oxygen atoms in total. The number of benzene rings is 1. The SMILES string of the molecule is O=C(C1CCCCC1)N1CCCc2cc(S(=O)(=O)N3CCCC3)ccc21. The van der Waals surface area contributed by atoms with Gasteiger partial charge in [0.2, 0.25) is 15.9 Å². The molecule has 26 heavy (non-hydrogen) atoms. The number of amides is 1. The fraction of sp³-hybridized carbons (Fsp3) is 0.650. The van der Waals surface area contributed by atoms with Crippen molar-refractivity contribution in [3.8, 4) is 0 Å². The summed E-state index contributed by atoms with van der Waals surface area (Å²) >= 11 is 0. The van der Waals surface area contributed by atoms with Crippen LogP contribution < -0.4 is 4.90 Å². The maximum atomic E-state index is 13.0. The maximum absolute atomic E-state index is 13.0. The van der Waals surface area contributed by atoms with Gasteiger partial charge in [-0.15, -0.1) is 0 Å². The molecular formula is C20H28N2O3S. The fourth-order valence-electron chi connectivity index (χ4n) is 4.61. The summed E-state index contributed by atoms with van der Waals surface area (Å²) in [7, 11) is -3.40. The zero-order chi connectivity index (χ0) is 18.1. The van der Waals surface area contributed by atoms with Crippen LogP contribution in [0.2, 0.25) is 0 Å². The average Bonchev–Trinajstić information content (AvgIpc) is 3.23. The largest absolute Gasteiger partial charge is 0.312 e. The van der Waals surface area contributed by atoms with E-state index in [1.54, 1.807) is 10.4 Å². The molecule has 0 atom stereocenters. The molecule has 2 aliphatic heterocycles. The minimum Gasteiger partial charge on any atom is -0.312 e. The quantitative estimate of drug-likeness (QED) is 0.813. The van der Waals surface area contributed by atoms with Gasteiger partial charge in [0.05, 0.1) is 4.90 Å². The zero-order valence-corrected chi connectivity index (χ0v) is 16.1. The Kier molecular flexibility index (Phi) is 5.06. The standard InChI is InChI=1S/C20H28N2O3S/c23-20(16-7-2-1-3-8-16)22-14-6-9-17-15-18(10-11-19(17)22)26(24,25)21-12-4-5-13-21/h10-11,15-16H,1-9,12-14H2. The lowest BCUT2D eigenvalue weighted by Crippen LogP contribution is -2.40. The van der Waals surface area contributed by atoms with Gasteiger partial charge in [-0.25, -0.2) is 8.42 Å². The molecule has 1 aromatic carbocycles. The van der Waals surface area contributed by atoms with Crippen molar-refractivity contribution >= 4 is 21.6 Å². The number of hydrogen-bond acceptors (Lipinski definition) is 3. The van der Waals surface area contributed by atoms with E-state index in [2.05, 4.69) is 0 Å². The fourth-order valence-corrected chi connectivity index (χ4v) is 6.18. The van der Waals surface area contributed by atoms with Crippen LogP contribution in [0.4, 0.5) is 5.69 Å². The maximum Gasteiger partial charge on any atom is 0.243 e. The highest BCUT2D eigenvalue weighted by atomic mass is 32.2. The van der Waals surface area contributed by atoms with E-state index in [1.807, 2.05) is 17.0 Å². The summed E-state index contributed by atoms with van der Waals surface area (Å²) in [6.07, 6.45) is 9.12. The first-order valence-electron chi connectivity index (χ1n) is 10.0. The van der Waals surface area contributed by atoms with Gasteiger partial charge in [0.1, 0.15) is 0 Å². The molecule has 0 unspecified atom stereocenters. The lowest BCUT2D eigenvalue weighted by Gasteiger charge is -2.34. The first-order valence-corrected chi connectivity index (χ1v) is 11.5. The Hall–Kier alpha value is -1.40. The lowest BCUT2D eigenvalue weighted by molar-refractivity contribution is -0.123. The van der Waals surface area contributed by atoms with Crippen LogP contribution in [0, 0.1) is 5.92 Å². The Labute approximate surface area is 156 Å². The smallest absolute Gasteiger partial charge is 0.243 e. The molecule has 2 fully saturated rings. The van der Waals surface area contributed by atoms with Crippen molar-refractivity contribution in [1.29, 1.82) is 0 Å². The van der Waals surface area contributed by atoms with Gasteiger partial charge < -0.3 is 4.90 Å². The number of carbonyl (C=O) groups is 1. The molecule has 3 aliphatic rings. The van der Waals surface area contributed by atoms with E-state index >= 15 is 0 Å². The molecule has 1 aromatic rings. The molecular weight excluding hydrogens is 348 g/mol. The number of nitrogens with zero attached hydrogens (tertiary/aromatic N) is 2. The second-order valence-electron chi connectivity index (χ2n) is 7.83. The van der Waals surface area contributed by atoms with E-state index in [1.165, 1.54) is 6.42 Å². The predicted octanol–water partition coefficient (Wildman–Crippen LogP) is 3.33. The van der Waals surface area contributed by atoms with Crippen LogP contribution in [0.1, 0.15) is 56.9 Å². The molecule has 0 bridgehead atoms. The molecule has 0 N–H and O–H groups in total. The minimum absolute atomic E-state index is 0.141. The highest BCUT2D eigenvalue weighted by Gasteiger charge is 2.32. The highest BCUT2D eigenvalue weighted by molar-refractivity contribution is 7.89. The molecule has 1 aliphatic carbocycles. The summed E-state index contributed by atoms with van der Waals surface area (Å²) in [4.78, 5) is 15.3. The van der Waals surface area contributed by atoms with Crippen LogP contribution >= 0.6 is 0 Å². The summed E-state index contributed by atoms with van der Waals surface area (Å²) in [6.45, 7) is 1.98. The molecule has 142 valence electrons. The van der Waals surface area contributed by atoms with Crippen LogP contribution in [0.3, 0.4) is 0 Å². The minimum atomic E-state index is -3.40. The Balaban J connectivity index is 1.60. The van der Waals surface area contributed by atoms with Crippen LogP contribution in [0.25, 0.3) is 0 Å². The number of hydrogen-bond donors (Lipinski definition) is 0. The number of aryl methyl sites for hydroxylation is 1. The third kappa shape index (κ3) is 3.29. The van der Waals surface area contributed by atoms with Gasteiger partial charge in [0, 0.05) is 31.2 Å². The molecule has 2 heterocycles. The normalized spacial score (nSPS) is 22.4. The van der Waals surface area contributed by atoms with E-state index < -0.39 is 10.0 Å². The Morgan fingerprint density at radius 2 is 1.65 bits per heavy atom. The van der Waals surface area contributed by atoms with E-state index in [-0.39, 0.29) is 11.8 Å². The molecule has 1 saturated carbocycles. The van der Waals surface area contributed by atoms with Crippen LogP contribution in [-0.4, -0.2) is 38.3 Å². The second-order valence-corrected chi connectivity index (χ2v) is 9.77. The number of sulfonamides is 1. The van der Waals surface area contributed by atoms with Crippen molar-refractivity contribution in [1.82, 2.24) is 4.31 Å². The van der Waals surface area contributed by atoms with Gasteiger partial charge in [-0.3, -0.25) is 4.79 Å². The molecule has 0 radical (unpaired) electrons. The topological polar surface area (TPSA) is 57.7 Å². The predicted molar refractivity (Wildman–Crippen MR) is 102 cm³/mol. The van der Waals surface area contributed by atoms with Gasteiger partial charge in [0.25, 0.3) is 0 Å². The van der Waals surface area contributed by atoms with Crippen molar-refractivity contribution in [2.24, 2.45) is 5.92 Å². The molecule has 0 spiro atoms. The Bertz CT molecular complexity index is 778. The monoisotopic (exact) mass is 376 g/mol. The van der Waals surface area contributed by atoms with Crippen LogP contribution in [-0.2, 0) is 21.2 Å². The van der Waals surface area contributed by atoms with Crippen LogP contribution in [0.5, 0.6) is 0 Å². The van der Waals surface area contributed by atoms with E-state index in [0.717, 1.165) is 69.2 Å². The van der Waals surface area contributed by atoms with Crippen molar-refractivity contribution in [2.45, 2.75) is 62.7 Å². The number of fused-ring (bicyclic) bond motifs is 1.